The Labute approximate surface area is 156 Å². The van der Waals surface area contributed by atoms with Crippen molar-refractivity contribution in [3.05, 3.63) is 52.6 Å². The fraction of sp³-hybridized carbons (Fsp3) is 0.125. The maximum Gasteiger partial charge on any atom is 0.270 e. The van der Waals surface area contributed by atoms with Crippen molar-refractivity contribution in [3.63, 3.8) is 0 Å². The number of rotatable bonds is 6. The zero-order valence-electron chi connectivity index (χ0n) is 13.1. The number of non-ortho nitro benzene ring substituents is 1. The van der Waals surface area contributed by atoms with Gasteiger partial charge in [-0.25, -0.2) is 4.98 Å². The van der Waals surface area contributed by atoms with E-state index in [1.54, 1.807) is 17.8 Å². The fourth-order valence-corrected chi connectivity index (χ4v) is 4.58. The van der Waals surface area contributed by atoms with E-state index < -0.39 is 4.92 Å². The molecule has 1 N–H and O–H groups in total. The predicted molar refractivity (Wildman–Crippen MR) is 104 cm³/mol. The molecule has 1 aromatic heterocycles. The average molecular weight is 391 g/mol. The van der Waals surface area contributed by atoms with Crippen molar-refractivity contribution in [3.8, 4) is 0 Å². The maximum absolute atomic E-state index is 12.2. The van der Waals surface area contributed by atoms with Crippen molar-refractivity contribution in [2.45, 2.75) is 9.24 Å². The SMILES string of the molecule is CSc1ccccc1NC(=O)CSc1nc2ccc([N+](=O)[O-])cc2s1. The number of nitro groups is 1. The van der Waals surface area contributed by atoms with Crippen molar-refractivity contribution >= 4 is 62.4 Å². The van der Waals surface area contributed by atoms with Gasteiger partial charge in [0.1, 0.15) is 0 Å². The highest BCUT2D eigenvalue weighted by Gasteiger charge is 2.12. The second-order valence-electron chi connectivity index (χ2n) is 4.93. The molecule has 0 radical (unpaired) electrons. The lowest BCUT2D eigenvalue weighted by atomic mass is 10.3. The number of anilines is 1. The van der Waals surface area contributed by atoms with Crippen LogP contribution in [-0.2, 0) is 4.79 Å². The summed E-state index contributed by atoms with van der Waals surface area (Å²) in [5.74, 6) is 0.113. The largest absolute Gasteiger partial charge is 0.324 e. The molecule has 0 saturated heterocycles. The smallest absolute Gasteiger partial charge is 0.270 e. The topological polar surface area (TPSA) is 85.1 Å². The van der Waals surface area contributed by atoms with Crippen molar-refractivity contribution in [1.82, 2.24) is 4.98 Å². The van der Waals surface area contributed by atoms with E-state index in [-0.39, 0.29) is 17.3 Å². The summed E-state index contributed by atoms with van der Waals surface area (Å²) in [4.78, 5) is 28.0. The summed E-state index contributed by atoms with van der Waals surface area (Å²) in [7, 11) is 0. The molecule has 0 spiro atoms. The summed E-state index contributed by atoms with van der Waals surface area (Å²) in [5.41, 5.74) is 1.53. The number of nitro benzene ring substituents is 1. The number of para-hydroxylation sites is 1. The summed E-state index contributed by atoms with van der Waals surface area (Å²) in [5, 5.41) is 13.7. The third kappa shape index (κ3) is 4.30. The van der Waals surface area contributed by atoms with Gasteiger partial charge in [-0.1, -0.05) is 23.9 Å². The third-order valence-electron chi connectivity index (χ3n) is 3.27. The van der Waals surface area contributed by atoms with Gasteiger partial charge in [0, 0.05) is 17.0 Å². The van der Waals surface area contributed by atoms with Crippen LogP contribution in [0.4, 0.5) is 11.4 Å². The van der Waals surface area contributed by atoms with Crippen LogP contribution in [-0.4, -0.2) is 27.8 Å². The van der Waals surface area contributed by atoms with E-state index in [0.29, 0.717) is 9.86 Å². The van der Waals surface area contributed by atoms with Crippen LogP contribution >= 0.6 is 34.9 Å². The Balaban J connectivity index is 1.65. The van der Waals surface area contributed by atoms with Crippen LogP contribution in [0.25, 0.3) is 10.2 Å². The van der Waals surface area contributed by atoms with Crippen LogP contribution in [0.3, 0.4) is 0 Å². The molecule has 2 aromatic carbocycles. The molecule has 0 saturated carbocycles. The van der Waals surface area contributed by atoms with Gasteiger partial charge in [0.15, 0.2) is 4.34 Å². The molecule has 0 bridgehead atoms. The summed E-state index contributed by atoms with van der Waals surface area (Å²) in [6, 6.07) is 12.2. The summed E-state index contributed by atoms with van der Waals surface area (Å²) in [6.07, 6.45) is 1.96. The number of hydrogen-bond donors (Lipinski definition) is 1. The standard InChI is InChI=1S/C16H13N3O3S3/c1-23-13-5-3-2-4-11(13)17-15(20)9-24-16-18-12-7-6-10(19(21)22)8-14(12)25-16/h2-8H,9H2,1H3,(H,17,20). The number of benzene rings is 2. The lowest BCUT2D eigenvalue weighted by molar-refractivity contribution is -0.384. The number of hydrogen-bond acceptors (Lipinski definition) is 7. The summed E-state index contributed by atoms with van der Waals surface area (Å²) < 4.78 is 1.45. The highest BCUT2D eigenvalue weighted by molar-refractivity contribution is 8.01. The first-order valence-electron chi connectivity index (χ1n) is 7.17. The van der Waals surface area contributed by atoms with Crippen LogP contribution < -0.4 is 5.32 Å². The van der Waals surface area contributed by atoms with Crippen molar-refractivity contribution in [2.75, 3.05) is 17.3 Å². The molecule has 9 heteroatoms. The van der Waals surface area contributed by atoms with Crippen LogP contribution in [0.2, 0.25) is 0 Å². The van der Waals surface area contributed by atoms with E-state index in [1.807, 2.05) is 30.5 Å². The van der Waals surface area contributed by atoms with Gasteiger partial charge in [-0.15, -0.1) is 23.1 Å². The number of thiazole rings is 1. The molecule has 3 aromatic rings. The summed E-state index contributed by atoms with van der Waals surface area (Å²) >= 11 is 4.24. The first kappa shape index (κ1) is 17.7. The Morgan fingerprint density at radius 2 is 2.12 bits per heavy atom. The molecule has 0 fully saturated rings. The van der Waals surface area contributed by atoms with Crippen molar-refractivity contribution in [1.29, 1.82) is 0 Å². The number of nitrogens with one attached hydrogen (secondary N) is 1. The first-order valence-corrected chi connectivity index (χ1v) is 10.2. The Bertz CT molecular complexity index is 943. The summed E-state index contributed by atoms with van der Waals surface area (Å²) in [6.45, 7) is 0. The Kier molecular flexibility index (Phi) is 5.57. The molecule has 0 atom stereocenters. The van der Waals surface area contributed by atoms with Gasteiger partial charge in [0.25, 0.3) is 5.69 Å². The van der Waals surface area contributed by atoms with E-state index in [2.05, 4.69) is 10.3 Å². The molecule has 25 heavy (non-hydrogen) atoms. The minimum atomic E-state index is -0.428. The number of carbonyl (C=O) groups is 1. The molecule has 128 valence electrons. The Morgan fingerprint density at radius 1 is 1.32 bits per heavy atom. The van der Waals surface area contributed by atoms with Gasteiger partial charge >= 0.3 is 0 Å². The highest BCUT2D eigenvalue weighted by Crippen LogP contribution is 2.32. The van der Waals surface area contributed by atoms with Crippen LogP contribution in [0.15, 0.2) is 51.7 Å². The number of thioether (sulfide) groups is 2. The number of nitrogens with zero attached hydrogens (tertiary/aromatic N) is 2. The van der Waals surface area contributed by atoms with Crippen LogP contribution in [0, 0.1) is 10.1 Å². The van der Waals surface area contributed by atoms with E-state index in [1.165, 1.54) is 35.2 Å². The number of aromatic nitrogens is 1. The zero-order valence-corrected chi connectivity index (χ0v) is 15.5. The molecule has 0 aliphatic heterocycles. The van der Waals surface area contributed by atoms with Gasteiger partial charge in [-0.05, 0) is 24.5 Å². The van der Waals surface area contributed by atoms with E-state index in [0.717, 1.165) is 15.3 Å². The minimum Gasteiger partial charge on any atom is -0.324 e. The predicted octanol–water partition coefficient (Wildman–Crippen LogP) is 4.66. The van der Waals surface area contributed by atoms with E-state index in [4.69, 9.17) is 0 Å². The lowest BCUT2D eigenvalue weighted by Crippen LogP contribution is -2.14. The molecule has 6 nitrogen and oxygen atoms in total. The zero-order chi connectivity index (χ0) is 17.8. The normalized spacial score (nSPS) is 10.8. The Morgan fingerprint density at radius 3 is 2.88 bits per heavy atom. The van der Waals surface area contributed by atoms with Gasteiger partial charge < -0.3 is 5.32 Å². The highest BCUT2D eigenvalue weighted by atomic mass is 32.2. The van der Waals surface area contributed by atoms with E-state index in [9.17, 15) is 14.9 Å². The molecular weight excluding hydrogens is 378 g/mol. The second-order valence-corrected chi connectivity index (χ2v) is 8.03. The van der Waals surface area contributed by atoms with E-state index >= 15 is 0 Å². The lowest BCUT2D eigenvalue weighted by Gasteiger charge is -2.08. The number of fused-ring (bicyclic) bond motifs is 1. The molecule has 0 aliphatic rings. The average Bonchev–Trinajstić information content (AvgIpc) is 3.02. The second kappa shape index (κ2) is 7.85. The number of carbonyl (C=O) groups excluding carboxylic acids is 1. The van der Waals surface area contributed by atoms with Gasteiger partial charge in [-0.3, -0.25) is 14.9 Å². The minimum absolute atomic E-state index is 0.0408. The third-order valence-corrected chi connectivity index (χ3v) is 6.23. The fourth-order valence-electron chi connectivity index (χ4n) is 2.13. The van der Waals surface area contributed by atoms with Gasteiger partial charge in [0.2, 0.25) is 5.91 Å². The van der Waals surface area contributed by atoms with Gasteiger partial charge in [-0.2, -0.15) is 0 Å². The molecule has 3 rings (SSSR count). The van der Waals surface area contributed by atoms with Crippen LogP contribution in [0.1, 0.15) is 0 Å². The molecule has 1 heterocycles. The van der Waals surface area contributed by atoms with Crippen LogP contribution in [0.5, 0.6) is 0 Å². The Hall–Kier alpha value is -2.10. The molecule has 1 amide bonds. The molecule has 0 aliphatic carbocycles. The number of amides is 1. The van der Waals surface area contributed by atoms with Gasteiger partial charge in [0.05, 0.1) is 26.6 Å². The quantitative estimate of drug-likeness (QED) is 0.374. The first-order chi connectivity index (χ1) is 12.1. The van der Waals surface area contributed by atoms with Crippen molar-refractivity contribution < 1.29 is 9.72 Å². The molecule has 0 unspecified atom stereocenters. The van der Waals surface area contributed by atoms with Crippen molar-refractivity contribution in [2.24, 2.45) is 0 Å². The maximum atomic E-state index is 12.2. The monoisotopic (exact) mass is 391 g/mol. The molecular formula is C16H13N3O3S3.